The number of benzene rings is 1. The summed E-state index contributed by atoms with van der Waals surface area (Å²) in [6.07, 6.45) is -4.25. The molecule has 0 aromatic heterocycles. The zero-order chi connectivity index (χ0) is 12.3. The molecule has 2 N–H and O–H groups in total. The summed E-state index contributed by atoms with van der Waals surface area (Å²) >= 11 is 5.56. The quantitative estimate of drug-likeness (QED) is 0.862. The zero-order valence-electron chi connectivity index (χ0n) is 8.03. The van der Waals surface area contributed by atoms with E-state index in [0.717, 1.165) is 0 Å². The molecule has 1 atom stereocenters. The van der Waals surface area contributed by atoms with Gasteiger partial charge in [-0.25, -0.2) is 8.78 Å². The predicted octanol–water partition coefficient (Wildman–Crippen LogP) is 2.27. The third-order valence-electron chi connectivity index (χ3n) is 2.13. The minimum atomic E-state index is -3.19. The van der Waals surface area contributed by atoms with Gasteiger partial charge in [0, 0.05) is 5.02 Å². The highest BCUT2D eigenvalue weighted by molar-refractivity contribution is 6.30. The van der Waals surface area contributed by atoms with Crippen LogP contribution in [0, 0.1) is 0 Å². The first kappa shape index (κ1) is 12.9. The molecule has 0 amide bonds. The van der Waals surface area contributed by atoms with Crippen molar-refractivity contribution >= 4 is 17.6 Å². The minimum Gasteiger partial charge on any atom is -0.481 e. The summed E-state index contributed by atoms with van der Waals surface area (Å²) in [6, 6.07) is 4.98. The van der Waals surface area contributed by atoms with Crippen molar-refractivity contribution in [2.45, 2.75) is 18.4 Å². The Labute approximate surface area is 95.3 Å². The van der Waals surface area contributed by atoms with Crippen molar-refractivity contribution in [2.75, 3.05) is 0 Å². The molecule has 6 heteroatoms. The lowest BCUT2D eigenvalue weighted by Gasteiger charge is -2.25. The van der Waals surface area contributed by atoms with E-state index in [-0.39, 0.29) is 5.56 Å². The fourth-order valence-corrected chi connectivity index (χ4v) is 1.40. The van der Waals surface area contributed by atoms with Crippen LogP contribution < -0.4 is 0 Å². The number of alkyl halides is 2. The van der Waals surface area contributed by atoms with Crippen LogP contribution in [-0.4, -0.2) is 22.6 Å². The summed E-state index contributed by atoms with van der Waals surface area (Å²) in [5.74, 6) is -1.50. The molecule has 3 nitrogen and oxygen atoms in total. The number of carboxylic acids is 1. The maximum Gasteiger partial charge on any atom is 0.306 e. The lowest BCUT2D eigenvalue weighted by atomic mass is 9.91. The average molecular weight is 251 g/mol. The predicted molar refractivity (Wildman–Crippen MR) is 53.6 cm³/mol. The monoisotopic (exact) mass is 250 g/mol. The van der Waals surface area contributed by atoms with E-state index >= 15 is 0 Å². The Morgan fingerprint density at radius 1 is 1.38 bits per heavy atom. The third-order valence-corrected chi connectivity index (χ3v) is 2.38. The molecule has 1 rings (SSSR count). The summed E-state index contributed by atoms with van der Waals surface area (Å²) < 4.78 is 25.4. The van der Waals surface area contributed by atoms with Crippen molar-refractivity contribution in [1.29, 1.82) is 0 Å². The van der Waals surface area contributed by atoms with E-state index in [0.29, 0.717) is 5.02 Å². The van der Waals surface area contributed by atoms with Crippen molar-refractivity contribution in [3.05, 3.63) is 34.9 Å². The fraction of sp³-hybridized carbons (Fsp3) is 0.300. The van der Waals surface area contributed by atoms with E-state index < -0.39 is 24.4 Å². The van der Waals surface area contributed by atoms with E-state index in [1.807, 2.05) is 0 Å². The number of halogens is 3. The Hall–Kier alpha value is -1.20. The Balaban J connectivity index is 3.10. The molecule has 0 spiro atoms. The first-order chi connectivity index (χ1) is 7.36. The standard InChI is InChI=1S/C10H9ClF2O3/c11-7-3-1-6(2-4-7)10(16,9(12)13)5-8(14)15/h1-4,9,16H,5H2,(H,14,15). The molecule has 0 aliphatic carbocycles. The first-order valence-corrected chi connectivity index (χ1v) is 4.72. The van der Waals surface area contributed by atoms with Gasteiger partial charge in [-0.1, -0.05) is 23.7 Å². The van der Waals surface area contributed by atoms with Crippen molar-refractivity contribution in [2.24, 2.45) is 0 Å². The number of carboxylic acid groups (broad SMARTS) is 1. The summed E-state index contributed by atoms with van der Waals surface area (Å²) in [5, 5.41) is 18.5. The van der Waals surface area contributed by atoms with Crippen LogP contribution in [0.1, 0.15) is 12.0 Å². The Morgan fingerprint density at radius 2 is 1.88 bits per heavy atom. The van der Waals surface area contributed by atoms with Crippen LogP contribution in [0.15, 0.2) is 24.3 Å². The summed E-state index contributed by atoms with van der Waals surface area (Å²) in [5.41, 5.74) is -2.86. The lowest BCUT2D eigenvalue weighted by molar-refractivity contribution is -0.155. The van der Waals surface area contributed by atoms with Crippen molar-refractivity contribution < 1.29 is 23.8 Å². The topological polar surface area (TPSA) is 57.5 Å². The molecule has 0 aliphatic heterocycles. The molecule has 0 radical (unpaired) electrons. The normalized spacial score (nSPS) is 14.8. The highest BCUT2D eigenvalue weighted by Crippen LogP contribution is 2.32. The van der Waals surface area contributed by atoms with Gasteiger partial charge in [-0.15, -0.1) is 0 Å². The van der Waals surface area contributed by atoms with E-state index in [1.165, 1.54) is 24.3 Å². The molecule has 1 aromatic carbocycles. The number of rotatable bonds is 4. The van der Waals surface area contributed by atoms with Gasteiger partial charge in [0.1, 0.15) is 0 Å². The van der Waals surface area contributed by atoms with E-state index in [2.05, 4.69) is 0 Å². The second-order valence-corrected chi connectivity index (χ2v) is 3.74. The molecule has 0 aliphatic rings. The summed E-state index contributed by atoms with van der Waals surface area (Å²) in [7, 11) is 0. The van der Waals surface area contributed by atoms with Crippen LogP contribution in [-0.2, 0) is 10.4 Å². The first-order valence-electron chi connectivity index (χ1n) is 4.34. The molecule has 1 unspecified atom stereocenters. The van der Waals surface area contributed by atoms with Crippen molar-refractivity contribution in [3.63, 3.8) is 0 Å². The molecule has 0 fully saturated rings. The second-order valence-electron chi connectivity index (χ2n) is 3.30. The SMILES string of the molecule is O=C(O)CC(O)(c1ccc(Cl)cc1)C(F)F. The summed E-state index contributed by atoms with van der Waals surface area (Å²) in [4.78, 5) is 10.4. The van der Waals surface area contributed by atoms with Gasteiger partial charge in [0.2, 0.25) is 0 Å². The molecule has 0 bridgehead atoms. The summed E-state index contributed by atoms with van der Waals surface area (Å²) in [6.45, 7) is 0. The molecule has 0 saturated heterocycles. The van der Waals surface area contributed by atoms with Gasteiger partial charge in [-0.3, -0.25) is 4.79 Å². The number of aliphatic carboxylic acids is 1. The van der Waals surface area contributed by atoms with Crippen LogP contribution in [0.2, 0.25) is 5.02 Å². The maximum atomic E-state index is 12.7. The van der Waals surface area contributed by atoms with Gasteiger partial charge in [0.25, 0.3) is 6.43 Å². The number of hydrogen-bond donors (Lipinski definition) is 2. The van der Waals surface area contributed by atoms with Crippen LogP contribution in [0.25, 0.3) is 0 Å². The number of aliphatic hydroxyl groups is 1. The maximum absolute atomic E-state index is 12.7. The third kappa shape index (κ3) is 2.68. The smallest absolute Gasteiger partial charge is 0.306 e. The van der Waals surface area contributed by atoms with Crippen LogP contribution >= 0.6 is 11.6 Å². The van der Waals surface area contributed by atoms with Crippen LogP contribution in [0.5, 0.6) is 0 Å². The van der Waals surface area contributed by atoms with Gasteiger partial charge >= 0.3 is 5.97 Å². The molecule has 0 saturated carbocycles. The van der Waals surface area contributed by atoms with Gasteiger partial charge in [0.15, 0.2) is 5.60 Å². The molecular formula is C10H9ClF2O3. The Bertz CT molecular complexity index is 380. The Kier molecular flexibility index (Phi) is 3.83. The van der Waals surface area contributed by atoms with Gasteiger partial charge in [-0.2, -0.15) is 0 Å². The highest BCUT2D eigenvalue weighted by atomic mass is 35.5. The largest absolute Gasteiger partial charge is 0.481 e. The Morgan fingerprint density at radius 3 is 2.25 bits per heavy atom. The minimum absolute atomic E-state index is 0.172. The fourth-order valence-electron chi connectivity index (χ4n) is 1.27. The van der Waals surface area contributed by atoms with Gasteiger partial charge in [0.05, 0.1) is 6.42 Å². The van der Waals surface area contributed by atoms with E-state index in [1.54, 1.807) is 0 Å². The van der Waals surface area contributed by atoms with Crippen LogP contribution in [0.4, 0.5) is 8.78 Å². The molecular weight excluding hydrogens is 242 g/mol. The number of carbonyl (C=O) groups is 1. The highest BCUT2D eigenvalue weighted by Gasteiger charge is 2.41. The molecule has 1 aromatic rings. The molecule has 0 heterocycles. The van der Waals surface area contributed by atoms with Crippen LogP contribution in [0.3, 0.4) is 0 Å². The number of hydrogen-bond acceptors (Lipinski definition) is 2. The van der Waals surface area contributed by atoms with Crippen molar-refractivity contribution in [1.82, 2.24) is 0 Å². The van der Waals surface area contributed by atoms with E-state index in [9.17, 15) is 18.7 Å². The lowest BCUT2D eigenvalue weighted by Crippen LogP contribution is -2.36. The van der Waals surface area contributed by atoms with Crippen molar-refractivity contribution in [3.8, 4) is 0 Å². The van der Waals surface area contributed by atoms with Gasteiger partial charge < -0.3 is 10.2 Å². The average Bonchev–Trinajstić information content (AvgIpc) is 2.17. The van der Waals surface area contributed by atoms with E-state index in [4.69, 9.17) is 16.7 Å². The van der Waals surface area contributed by atoms with Gasteiger partial charge in [-0.05, 0) is 17.7 Å². The second kappa shape index (κ2) is 4.76. The molecule has 16 heavy (non-hydrogen) atoms. The zero-order valence-corrected chi connectivity index (χ0v) is 8.79. The molecule has 88 valence electrons.